The Hall–Kier alpha value is -2.15. The number of ether oxygens (including phenoxy) is 1. The van der Waals surface area contributed by atoms with E-state index in [1.54, 1.807) is 0 Å². The average Bonchev–Trinajstić information content (AvgIpc) is 2.47. The second-order valence-corrected chi connectivity index (χ2v) is 6.19. The van der Waals surface area contributed by atoms with Gasteiger partial charge in [0.1, 0.15) is 5.82 Å². The van der Waals surface area contributed by atoms with Crippen LogP contribution in [0.4, 0.5) is 14.5 Å². The van der Waals surface area contributed by atoms with Crippen LogP contribution in [0.2, 0.25) is 0 Å². The summed E-state index contributed by atoms with van der Waals surface area (Å²) in [5.74, 6) is -1.56. The van der Waals surface area contributed by atoms with E-state index in [0.717, 1.165) is 16.4 Å². The fraction of sp³-hybridized carbons (Fsp3) is 0.143. The molecule has 0 atom stereocenters. The number of para-hydroxylation sites is 1. The normalized spacial score (nSPS) is 11.2. The zero-order chi connectivity index (χ0) is 15.6. The molecule has 0 saturated heterocycles. The van der Waals surface area contributed by atoms with Crippen molar-refractivity contribution in [3.8, 4) is 5.75 Å². The van der Waals surface area contributed by atoms with Gasteiger partial charge in [0.15, 0.2) is 11.6 Å². The van der Waals surface area contributed by atoms with Gasteiger partial charge in [-0.05, 0) is 30.3 Å². The van der Waals surface area contributed by atoms with Crippen molar-refractivity contribution in [1.29, 1.82) is 0 Å². The van der Waals surface area contributed by atoms with E-state index in [2.05, 4.69) is 0 Å². The highest BCUT2D eigenvalue weighted by molar-refractivity contribution is 7.92. The molecule has 0 unspecified atom stereocenters. The number of hydrogen-bond donors (Lipinski definition) is 0. The summed E-state index contributed by atoms with van der Waals surface area (Å²) in [4.78, 5) is -0.286. The second kappa shape index (κ2) is 5.69. The van der Waals surface area contributed by atoms with Gasteiger partial charge < -0.3 is 4.74 Å². The lowest BCUT2D eigenvalue weighted by molar-refractivity contribution is 0.385. The first-order valence-electron chi connectivity index (χ1n) is 5.95. The molecule has 21 heavy (non-hydrogen) atoms. The summed E-state index contributed by atoms with van der Waals surface area (Å²) in [6.07, 6.45) is 0. The fourth-order valence-corrected chi connectivity index (χ4v) is 3.02. The van der Waals surface area contributed by atoms with Crippen molar-refractivity contribution in [2.75, 3.05) is 18.5 Å². The highest BCUT2D eigenvalue weighted by Gasteiger charge is 2.24. The maximum atomic E-state index is 13.7. The Bertz CT molecular complexity index is 763. The topological polar surface area (TPSA) is 46.6 Å². The summed E-state index contributed by atoms with van der Waals surface area (Å²) in [5.41, 5.74) is -0.117. The van der Waals surface area contributed by atoms with E-state index in [-0.39, 0.29) is 16.3 Å². The van der Waals surface area contributed by atoms with Gasteiger partial charge in [0.2, 0.25) is 0 Å². The number of anilines is 1. The van der Waals surface area contributed by atoms with Crippen LogP contribution in [0.5, 0.6) is 5.75 Å². The van der Waals surface area contributed by atoms with Crippen LogP contribution < -0.4 is 9.04 Å². The van der Waals surface area contributed by atoms with Crippen LogP contribution >= 0.6 is 0 Å². The van der Waals surface area contributed by atoms with Gasteiger partial charge in [-0.2, -0.15) is 0 Å². The molecule has 4 nitrogen and oxygen atoms in total. The number of rotatable bonds is 4. The third kappa shape index (κ3) is 2.82. The molecule has 0 aromatic heterocycles. The molecule has 0 amide bonds. The summed E-state index contributed by atoms with van der Waals surface area (Å²) in [7, 11) is -1.58. The van der Waals surface area contributed by atoms with Gasteiger partial charge in [0.05, 0.1) is 17.7 Å². The molecule has 2 aromatic rings. The predicted molar refractivity (Wildman–Crippen MR) is 74.9 cm³/mol. The van der Waals surface area contributed by atoms with Crippen LogP contribution in [0.3, 0.4) is 0 Å². The Balaban J connectivity index is 2.47. The van der Waals surface area contributed by atoms with Crippen molar-refractivity contribution in [3.63, 3.8) is 0 Å². The molecular weight excluding hydrogens is 300 g/mol. The van der Waals surface area contributed by atoms with Crippen LogP contribution in [-0.2, 0) is 10.0 Å². The Labute approximate surface area is 121 Å². The van der Waals surface area contributed by atoms with Crippen LogP contribution in [0.25, 0.3) is 0 Å². The highest BCUT2D eigenvalue weighted by Crippen LogP contribution is 2.27. The standard InChI is InChI=1S/C14H13F2NO3S/c1-17(13-6-4-3-5-11(13)15)21(18,19)10-7-8-14(20-2)12(16)9-10/h3-9H,1-2H3. The number of nitrogens with zero attached hydrogens (tertiary/aromatic N) is 1. The first kappa shape index (κ1) is 15.2. The largest absolute Gasteiger partial charge is 0.494 e. The van der Waals surface area contributed by atoms with Gasteiger partial charge in [0.25, 0.3) is 10.0 Å². The molecule has 0 fully saturated rings. The van der Waals surface area contributed by atoms with Gasteiger partial charge in [-0.3, -0.25) is 4.31 Å². The minimum absolute atomic E-state index is 0.0671. The minimum Gasteiger partial charge on any atom is -0.494 e. The number of methoxy groups -OCH3 is 1. The van der Waals surface area contributed by atoms with Crippen LogP contribution in [0, 0.1) is 11.6 Å². The molecule has 0 aliphatic carbocycles. The summed E-state index contributed by atoms with van der Waals surface area (Å²) in [6, 6.07) is 8.69. The van der Waals surface area contributed by atoms with Crippen LogP contribution in [0.15, 0.2) is 47.4 Å². The highest BCUT2D eigenvalue weighted by atomic mass is 32.2. The number of hydrogen-bond acceptors (Lipinski definition) is 3. The number of halogens is 2. The zero-order valence-electron chi connectivity index (χ0n) is 11.4. The molecule has 0 radical (unpaired) electrons. The molecule has 112 valence electrons. The molecule has 0 N–H and O–H groups in total. The SMILES string of the molecule is COc1ccc(S(=O)(=O)N(C)c2ccccc2F)cc1F. The summed E-state index contributed by atoms with van der Waals surface area (Å²) < 4.78 is 57.6. The van der Waals surface area contributed by atoms with Crippen LogP contribution in [-0.4, -0.2) is 22.6 Å². The van der Waals surface area contributed by atoms with Crippen molar-refractivity contribution in [1.82, 2.24) is 0 Å². The number of benzene rings is 2. The van der Waals surface area contributed by atoms with Crippen LogP contribution in [0.1, 0.15) is 0 Å². The van der Waals surface area contributed by atoms with Crippen molar-refractivity contribution >= 4 is 15.7 Å². The van der Waals surface area contributed by atoms with E-state index in [4.69, 9.17) is 4.74 Å². The predicted octanol–water partition coefficient (Wildman–Crippen LogP) is 2.80. The Morgan fingerprint density at radius 3 is 2.29 bits per heavy atom. The third-order valence-electron chi connectivity index (χ3n) is 2.97. The molecule has 2 aromatic carbocycles. The molecular formula is C14H13F2NO3S. The van der Waals surface area contributed by atoms with Crippen molar-refractivity contribution in [2.24, 2.45) is 0 Å². The summed E-state index contributed by atoms with van der Waals surface area (Å²) in [5, 5.41) is 0. The first-order chi connectivity index (χ1) is 9.87. The van der Waals surface area contributed by atoms with Gasteiger partial charge in [-0.25, -0.2) is 17.2 Å². The van der Waals surface area contributed by atoms with E-state index < -0.39 is 21.7 Å². The molecule has 0 heterocycles. The van der Waals surface area contributed by atoms with Gasteiger partial charge in [-0.15, -0.1) is 0 Å². The monoisotopic (exact) mass is 313 g/mol. The zero-order valence-corrected chi connectivity index (χ0v) is 12.2. The maximum Gasteiger partial charge on any atom is 0.264 e. The smallest absolute Gasteiger partial charge is 0.264 e. The maximum absolute atomic E-state index is 13.7. The molecule has 7 heteroatoms. The van der Waals surface area contributed by atoms with E-state index >= 15 is 0 Å². The lowest BCUT2D eigenvalue weighted by Gasteiger charge is -2.20. The van der Waals surface area contributed by atoms with E-state index in [9.17, 15) is 17.2 Å². The lowest BCUT2D eigenvalue weighted by Crippen LogP contribution is -2.27. The van der Waals surface area contributed by atoms with Gasteiger partial charge in [0, 0.05) is 7.05 Å². The molecule has 0 bridgehead atoms. The quantitative estimate of drug-likeness (QED) is 0.872. The Morgan fingerprint density at radius 2 is 1.71 bits per heavy atom. The van der Waals surface area contributed by atoms with Crippen molar-refractivity contribution in [2.45, 2.75) is 4.90 Å². The molecule has 0 aliphatic heterocycles. The Morgan fingerprint density at radius 1 is 1.05 bits per heavy atom. The van der Waals surface area contributed by atoms with Gasteiger partial charge >= 0.3 is 0 Å². The fourth-order valence-electron chi connectivity index (χ4n) is 1.80. The van der Waals surface area contributed by atoms with E-state index in [1.807, 2.05) is 0 Å². The van der Waals surface area contributed by atoms with Gasteiger partial charge in [-0.1, -0.05) is 12.1 Å². The molecule has 0 spiro atoms. The molecule has 2 rings (SSSR count). The Kier molecular flexibility index (Phi) is 4.13. The minimum atomic E-state index is -4.06. The summed E-state index contributed by atoms with van der Waals surface area (Å²) in [6.45, 7) is 0. The molecule has 0 saturated carbocycles. The second-order valence-electron chi connectivity index (χ2n) is 4.22. The van der Waals surface area contributed by atoms with E-state index in [0.29, 0.717) is 0 Å². The number of sulfonamides is 1. The first-order valence-corrected chi connectivity index (χ1v) is 7.39. The van der Waals surface area contributed by atoms with E-state index in [1.165, 1.54) is 44.5 Å². The summed E-state index contributed by atoms with van der Waals surface area (Å²) >= 11 is 0. The van der Waals surface area contributed by atoms with Crippen molar-refractivity contribution in [3.05, 3.63) is 54.1 Å². The third-order valence-corrected chi connectivity index (χ3v) is 4.74. The van der Waals surface area contributed by atoms with Crippen molar-refractivity contribution < 1.29 is 21.9 Å². The molecule has 0 aliphatic rings. The lowest BCUT2D eigenvalue weighted by atomic mass is 10.3. The average molecular weight is 313 g/mol.